The molecule has 0 aromatic heterocycles. The quantitative estimate of drug-likeness (QED) is 0.174. The van der Waals surface area contributed by atoms with Crippen LogP contribution in [0.2, 0.25) is 0 Å². The zero-order valence-corrected chi connectivity index (χ0v) is 16.9. The molecule has 0 radical (unpaired) electrons. The van der Waals surface area contributed by atoms with E-state index in [1.165, 1.54) is 0 Å². The number of carbonyl (C=O) groups is 2. The second kappa shape index (κ2) is 9.60. The van der Waals surface area contributed by atoms with Gasteiger partial charge in [0.25, 0.3) is 0 Å². The number of quaternary nitrogens is 1. The smallest absolute Gasteiger partial charge is 0.224 e. The molecule has 0 saturated carbocycles. The van der Waals surface area contributed by atoms with E-state index < -0.39 is 19.6 Å². The van der Waals surface area contributed by atoms with Crippen molar-refractivity contribution in [3.05, 3.63) is 35.4 Å². The van der Waals surface area contributed by atoms with Gasteiger partial charge in [-0.2, -0.15) is 4.39 Å². The highest BCUT2D eigenvalue weighted by Crippen LogP contribution is 2.48. The van der Waals surface area contributed by atoms with Gasteiger partial charge in [0.1, 0.15) is 6.54 Å². The largest absolute Gasteiger partial charge is 0.366 e. The number of hydrogen-bond acceptors (Lipinski definition) is 3. The summed E-state index contributed by atoms with van der Waals surface area (Å²) in [6, 6.07) is 6.50. The molecule has 2 rings (SSSR count). The van der Waals surface area contributed by atoms with Crippen LogP contribution in [0.3, 0.4) is 0 Å². The molecule has 1 aliphatic heterocycles. The fourth-order valence-corrected chi connectivity index (χ4v) is 4.25. The lowest BCUT2D eigenvalue weighted by Gasteiger charge is -2.27. The van der Waals surface area contributed by atoms with Crippen LogP contribution >= 0.6 is 60.0 Å². The van der Waals surface area contributed by atoms with Gasteiger partial charge >= 0.3 is 15.7 Å². The van der Waals surface area contributed by atoms with E-state index >= 15 is 0 Å². The third-order valence-electron chi connectivity index (χ3n) is 3.63. The maximum Gasteiger partial charge on any atom is 0.366 e. The molecule has 0 unspecified atom stereocenters. The van der Waals surface area contributed by atoms with E-state index in [2.05, 4.69) is 6.92 Å². The van der Waals surface area contributed by atoms with E-state index in [1.54, 1.807) is 24.3 Å². The monoisotopic (exact) mass is 436 g/mol. The van der Waals surface area contributed by atoms with Gasteiger partial charge in [-0.3, -0.25) is 0 Å². The van der Waals surface area contributed by atoms with Crippen molar-refractivity contribution in [2.45, 2.75) is 36.5 Å². The normalized spacial score (nSPS) is 15.5. The summed E-state index contributed by atoms with van der Waals surface area (Å²) < 4.78 is 10.4. The SMILES string of the molecule is CCCCCC[N+]1(SC(F)(Cl)Cl)C(=O)c2ccccc2C1=O.Cl.Cl. The summed E-state index contributed by atoms with van der Waals surface area (Å²) in [6.45, 7) is 2.24. The number of fused-ring (bicyclic) bond motifs is 1. The van der Waals surface area contributed by atoms with Gasteiger partial charge in [-0.15, -0.1) is 28.7 Å². The molecule has 0 atom stereocenters. The molecule has 0 fully saturated rings. The minimum Gasteiger partial charge on any atom is -0.224 e. The summed E-state index contributed by atoms with van der Waals surface area (Å²) in [6.07, 6.45) is 3.49. The molecule has 24 heavy (non-hydrogen) atoms. The van der Waals surface area contributed by atoms with Gasteiger partial charge in [-0.25, -0.2) is 9.59 Å². The highest BCUT2D eigenvalue weighted by Gasteiger charge is 2.59. The van der Waals surface area contributed by atoms with Crippen LogP contribution in [-0.2, 0) is 0 Å². The Bertz CT molecular complexity index is 560. The number of benzene rings is 1. The maximum atomic E-state index is 13.8. The van der Waals surface area contributed by atoms with Crippen LogP contribution in [0.5, 0.6) is 0 Å². The molecule has 1 heterocycles. The van der Waals surface area contributed by atoms with E-state index in [0.717, 1.165) is 19.3 Å². The van der Waals surface area contributed by atoms with Gasteiger partial charge in [-0.1, -0.05) is 31.9 Å². The fourth-order valence-electron chi connectivity index (χ4n) is 2.61. The number of halogens is 5. The van der Waals surface area contributed by atoms with Crippen LogP contribution in [0, 0.1) is 0 Å². The molecule has 0 saturated heterocycles. The highest BCUT2D eigenvalue weighted by molar-refractivity contribution is 7.98. The molecule has 136 valence electrons. The third-order valence-corrected chi connectivity index (χ3v) is 5.08. The summed E-state index contributed by atoms with van der Waals surface area (Å²) in [5, 5.41) is 0. The van der Waals surface area contributed by atoms with Crippen LogP contribution in [0.1, 0.15) is 53.3 Å². The summed E-state index contributed by atoms with van der Waals surface area (Å²) in [5.41, 5.74) is 0.598. The molecule has 0 bridgehead atoms. The maximum absolute atomic E-state index is 13.8. The Kier molecular flexibility index (Phi) is 9.58. The Morgan fingerprint density at radius 1 is 1.04 bits per heavy atom. The Labute approximate surface area is 167 Å². The summed E-state index contributed by atoms with van der Waals surface area (Å²) >= 11 is 11.3. The molecule has 1 aromatic rings. The highest BCUT2D eigenvalue weighted by atomic mass is 35.5. The van der Waals surface area contributed by atoms with Crippen molar-refractivity contribution in [1.82, 2.24) is 0 Å². The number of unbranched alkanes of at least 4 members (excludes halogenated alkanes) is 3. The Balaban J connectivity index is 0.00000264. The molecule has 9 heteroatoms. The number of alkyl halides is 3. The van der Waals surface area contributed by atoms with Crippen molar-refractivity contribution in [3.63, 3.8) is 0 Å². The topological polar surface area (TPSA) is 34.1 Å². The minimum atomic E-state index is -2.71. The predicted octanol–water partition coefficient (Wildman–Crippen LogP) is 5.93. The van der Waals surface area contributed by atoms with E-state index in [9.17, 15) is 14.0 Å². The van der Waals surface area contributed by atoms with Crippen molar-refractivity contribution in [1.29, 1.82) is 0 Å². The van der Waals surface area contributed by atoms with Crippen LogP contribution in [0.4, 0.5) is 4.39 Å². The molecule has 1 aliphatic rings. The second-order valence-corrected chi connectivity index (χ2v) is 8.27. The van der Waals surface area contributed by atoms with E-state index in [-0.39, 0.29) is 31.4 Å². The average molecular weight is 438 g/mol. The average Bonchev–Trinajstić information content (AvgIpc) is 2.66. The molecule has 3 nitrogen and oxygen atoms in total. The molecular weight excluding hydrogens is 419 g/mol. The molecule has 0 aliphatic carbocycles. The number of hydrogen-bond donors (Lipinski definition) is 0. The Morgan fingerprint density at radius 3 is 1.96 bits per heavy atom. The van der Waals surface area contributed by atoms with Crippen molar-refractivity contribution in [2.75, 3.05) is 6.54 Å². The number of nitrogens with zero attached hydrogens (tertiary/aromatic N) is 1. The molecule has 2 amide bonds. The van der Waals surface area contributed by atoms with Gasteiger partial charge in [0.05, 0.1) is 11.1 Å². The third kappa shape index (κ3) is 4.99. The van der Waals surface area contributed by atoms with Gasteiger partial charge in [0.15, 0.2) is 11.9 Å². The summed E-state index contributed by atoms with van der Waals surface area (Å²) in [5.74, 6) is -0.907. The summed E-state index contributed by atoms with van der Waals surface area (Å²) in [7, 11) is 0. The van der Waals surface area contributed by atoms with Crippen molar-refractivity contribution in [2.24, 2.45) is 0 Å². The van der Waals surface area contributed by atoms with Crippen LogP contribution in [0.25, 0.3) is 0 Å². The van der Waals surface area contributed by atoms with E-state index in [0.29, 0.717) is 29.5 Å². The number of rotatable bonds is 7. The lowest BCUT2D eigenvalue weighted by atomic mass is 10.1. The molecule has 1 aromatic carbocycles. The zero-order valence-electron chi connectivity index (χ0n) is 13.0. The standard InChI is InChI=1S/C15H17Cl2FNO2S.2ClH/c1-2-3-4-7-10-19(22-15(16,17)18)13(20)11-8-5-6-9-12(11)14(19)21;;/h5-6,8-9H,2-4,7,10H2,1H3;2*1H/q+1;;. The number of amides is 2. The zero-order chi connectivity index (χ0) is 16.4. The fraction of sp³-hybridized carbons (Fsp3) is 0.467. The van der Waals surface area contributed by atoms with Crippen LogP contribution in [-0.4, -0.2) is 26.2 Å². The van der Waals surface area contributed by atoms with Crippen molar-refractivity contribution >= 4 is 71.8 Å². The van der Waals surface area contributed by atoms with Crippen LogP contribution in [0.15, 0.2) is 24.3 Å². The number of carbonyl (C=O) groups excluding carboxylic acids is 2. The minimum absolute atomic E-state index is 0. The van der Waals surface area contributed by atoms with Crippen molar-refractivity contribution < 1.29 is 17.9 Å². The van der Waals surface area contributed by atoms with E-state index in [1.807, 2.05) is 0 Å². The first-order chi connectivity index (χ1) is 10.3. The van der Waals surface area contributed by atoms with Gasteiger partial charge < -0.3 is 0 Å². The predicted molar refractivity (Wildman–Crippen MR) is 102 cm³/mol. The lowest BCUT2D eigenvalue weighted by molar-refractivity contribution is -0.615. The van der Waals surface area contributed by atoms with Gasteiger partial charge in [0, 0.05) is 0 Å². The van der Waals surface area contributed by atoms with E-state index in [4.69, 9.17) is 23.2 Å². The van der Waals surface area contributed by atoms with Gasteiger partial charge in [0.2, 0.25) is 0 Å². The number of imide groups is 1. The van der Waals surface area contributed by atoms with Gasteiger partial charge in [-0.05, 0) is 48.2 Å². The first-order valence-corrected chi connectivity index (χ1v) is 8.69. The molecule has 0 spiro atoms. The molecule has 0 N–H and O–H groups in total. The second-order valence-electron chi connectivity index (χ2n) is 5.22. The lowest BCUT2D eigenvalue weighted by Crippen LogP contribution is -2.49. The first-order valence-electron chi connectivity index (χ1n) is 7.16. The Morgan fingerprint density at radius 2 is 1.54 bits per heavy atom. The molecular formula is C15H19Cl4FNO2S+. The summed E-state index contributed by atoms with van der Waals surface area (Å²) in [4.78, 5) is 25.4. The first kappa shape index (κ1) is 24.0. The van der Waals surface area contributed by atoms with Crippen molar-refractivity contribution in [3.8, 4) is 0 Å². The Hall–Kier alpha value is -0.0400. The van der Waals surface area contributed by atoms with Crippen LogP contribution < -0.4 is 0 Å².